The van der Waals surface area contributed by atoms with E-state index in [4.69, 9.17) is 4.74 Å². The third-order valence-electron chi connectivity index (χ3n) is 5.02. The number of rotatable bonds is 4. The number of phenols is 1. The molecule has 0 atom stereocenters. The van der Waals surface area contributed by atoms with Crippen LogP contribution in [0.2, 0.25) is 0 Å². The molecule has 1 aromatic heterocycles. The Kier molecular flexibility index (Phi) is 6.10. The van der Waals surface area contributed by atoms with Gasteiger partial charge in [0, 0.05) is 17.2 Å². The number of ether oxygens (including phenoxy) is 1. The molecule has 11 heteroatoms. The minimum Gasteiger partial charge on any atom is -0.507 e. The van der Waals surface area contributed by atoms with E-state index in [9.17, 15) is 31.4 Å². The zero-order chi connectivity index (χ0) is 25.4. The van der Waals surface area contributed by atoms with Crippen LogP contribution in [0.25, 0.3) is 34.2 Å². The van der Waals surface area contributed by atoms with E-state index < -0.39 is 23.5 Å². The van der Waals surface area contributed by atoms with Crippen molar-refractivity contribution < 1.29 is 36.2 Å². The molecule has 4 aromatic rings. The fourth-order valence-electron chi connectivity index (χ4n) is 3.20. The molecular weight excluding hydrogens is 476 g/mol. The average Bonchev–Trinajstić information content (AvgIpc) is 2.82. The number of hydrogen-bond acceptors (Lipinski definition) is 5. The van der Waals surface area contributed by atoms with Gasteiger partial charge in [-0.3, -0.25) is 0 Å². The van der Waals surface area contributed by atoms with Crippen LogP contribution >= 0.6 is 0 Å². The first-order valence-corrected chi connectivity index (χ1v) is 9.94. The first-order valence-electron chi connectivity index (χ1n) is 9.94. The molecule has 3 aromatic carbocycles. The van der Waals surface area contributed by atoms with Crippen LogP contribution in [-0.2, 0) is 12.4 Å². The monoisotopic (exact) mass is 491 g/mol. The molecule has 0 saturated heterocycles. The SMILES string of the molecule is COc1ccc(-c2nc(-c3ccc(C(F)(F)F)cc3)nc(-c3ccc(C(F)(F)F)cc3)n2)c(O)c1. The quantitative estimate of drug-likeness (QED) is 0.325. The lowest BCUT2D eigenvalue weighted by molar-refractivity contribution is -0.138. The van der Waals surface area contributed by atoms with Crippen LogP contribution in [0.1, 0.15) is 11.1 Å². The molecular formula is C24H15F6N3O2. The molecule has 1 N–H and O–H groups in total. The molecule has 0 aliphatic rings. The number of hydrogen-bond donors (Lipinski definition) is 1. The maximum absolute atomic E-state index is 13.0. The summed E-state index contributed by atoms with van der Waals surface area (Å²) in [6.07, 6.45) is -9.08. The maximum Gasteiger partial charge on any atom is 0.416 e. The Bertz CT molecular complexity index is 1280. The Morgan fingerprint density at radius 3 is 1.43 bits per heavy atom. The van der Waals surface area contributed by atoms with Gasteiger partial charge < -0.3 is 9.84 Å². The number of aromatic nitrogens is 3. The van der Waals surface area contributed by atoms with Gasteiger partial charge in [-0.25, -0.2) is 15.0 Å². The highest BCUT2D eigenvalue weighted by Gasteiger charge is 2.31. The molecule has 0 amide bonds. The fourth-order valence-corrected chi connectivity index (χ4v) is 3.20. The molecule has 0 saturated carbocycles. The second-order valence-electron chi connectivity index (χ2n) is 7.34. The Hall–Kier alpha value is -4.15. The van der Waals surface area contributed by atoms with Gasteiger partial charge in [-0.2, -0.15) is 26.3 Å². The molecule has 4 rings (SSSR count). The van der Waals surface area contributed by atoms with E-state index in [1.165, 1.54) is 49.6 Å². The molecule has 0 radical (unpaired) electrons. The summed E-state index contributed by atoms with van der Waals surface area (Å²) in [7, 11) is 1.41. The lowest BCUT2D eigenvalue weighted by atomic mass is 10.1. The van der Waals surface area contributed by atoms with Gasteiger partial charge in [-0.05, 0) is 36.4 Å². The molecule has 1 heterocycles. The van der Waals surface area contributed by atoms with Crippen LogP contribution in [0, 0.1) is 0 Å². The molecule has 0 fully saturated rings. The van der Waals surface area contributed by atoms with Crippen LogP contribution in [0.4, 0.5) is 26.3 Å². The molecule has 0 bridgehead atoms. The summed E-state index contributed by atoms with van der Waals surface area (Å²) in [5.41, 5.74) is -1.15. The lowest BCUT2D eigenvalue weighted by Crippen LogP contribution is -2.05. The standard InChI is InChI=1S/C24H15F6N3O2/c1-35-17-10-11-18(19(34)12-17)22-32-20(13-2-6-15(7-3-13)23(25,26)27)31-21(33-22)14-4-8-16(9-5-14)24(28,29)30/h2-12,34H,1H3. The highest BCUT2D eigenvalue weighted by Crippen LogP contribution is 2.35. The van der Waals surface area contributed by atoms with Crippen LogP contribution in [-0.4, -0.2) is 27.2 Å². The number of alkyl halides is 6. The fraction of sp³-hybridized carbons (Fsp3) is 0.125. The summed E-state index contributed by atoms with van der Waals surface area (Å²) in [5, 5.41) is 10.4. The Morgan fingerprint density at radius 2 is 1.06 bits per heavy atom. The Balaban J connectivity index is 1.86. The molecule has 180 valence electrons. The van der Waals surface area contributed by atoms with E-state index in [1.54, 1.807) is 0 Å². The molecule has 0 aliphatic carbocycles. The summed E-state index contributed by atoms with van der Waals surface area (Å²) < 4.78 is 82.8. The molecule has 0 spiro atoms. The van der Waals surface area contributed by atoms with E-state index in [2.05, 4.69) is 15.0 Å². The van der Waals surface area contributed by atoms with Crippen molar-refractivity contribution in [3.8, 4) is 45.7 Å². The van der Waals surface area contributed by atoms with E-state index in [-0.39, 0.29) is 39.9 Å². The number of methoxy groups -OCH3 is 1. The summed E-state index contributed by atoms with van der Waals surface area (Å²) in [6, 6.07) is 12.5. The van der Waals surface area contributed by atoms with Crippen molar-refractivity contribution in [2.45, 2.75) is 12.4 Å². The van der Waals surface area contributed by atoms with Crippen molar-refractivity contribution in [2.24, 2.45) is 0 Å². The normalized spacial score (nSPS) is 12.0. The van der Waals surface area contributed by atoms with Gasteiger partial charge in [-0.1, -0.05) is 24.3 Å². The zero-order valence-corrected chi connectivity index (χ0v) is 17.8. The smallest absolute Gasteiger partial charge is 0.416 e. The summed E-state index contributed by atoms with van der Waals surface area (Å²) in [6.45, 7) is 0. The van der Waals surface area contributed by atoms with Gasteiger partial charge in [0.25, 0.3) is 0 Å². The second-order valence-corrected chi connectivity index (χ2v) is 7.34. The highest BCUT2D eigenvalue weighted by atomic mass is 19.4. The van der Waals surface area contributed by atoms with Crippen LogP contribution in [0.5, 0.6) is 11.5 Å². The zero-order valence-electron chi connectivity index (χ0n) is 17.8. The molecule has 5 nitrogen and oxygen atoms in total. The number of benzene rings is 3. The first-order chi connectivity index (χ1) is 16.5. The lowest BCUT2D eigenvalue weighted by Gasteiger charge is -2.12. The van der Waals surface area contributed by atoms with E-state index in [0.29, 0.717) is 5.75 Å². The van der Waals surface area contributed by atoms with Crippen molar-refractivity contribution in [2.75, 3.05) is 7.11 Å². The number of aromatic hydroxyl groups is 1. The Labute approximate surface area is 194 Å². The maximum atomic E-state index is 13.0. The van der Waals surface area contributed by atoms with Crippen molar-refractivity contribution >= 4 is 0 Å². The van der Waals surface area contributed by atoms with Gasteiger partial charge >= 0.3 is 12.4 Å². The first kappa shape index (κ1) is 24.0. The van der Waals surface area contributed by atoms with Gasteiger partial charge in [0.2, 0.25) is 0 Å². The minimum atomic E-state index is -4.54. The van der Waals surface area contributed by atoms with Crippen LogP contribution in [0.15, 0.2) is 66.7 Å². The predicted molar refractivity (Wildman–Crippen MR) is 114 cm³/mol. The third-order valence-corrected chi connectivity index (χ3v) is 5.02. The largest absolute Gasteiger partial charge is 0.507 e. The number of nitrogens with zero attached hydrogens (tertiary/aromatic N) is 3. The molecule has 0 aliphatic heterocycles. The van der Waals surface area contributed by atoms with Crippen molar-refractivity contribution in [1.82, 2.24) is 15.0 Å². The highest BCUT2D eigenvalue weighted by molar-refractivity contribution is 5.70. The second kappa shape index (κ2) is 8.90. The van der Waals surface area contributed by atoms with Gasteiger partial charge in [-0.15, -0.1) is 0 Å². The summed E-state index contributed by atoms with van der Waals surface area (Å²) >= 11 is 0. The van der Waals surface area contributed by atoms with E-state index >= 15 is 0 Å². The van der Waals surface area contributed by atoms with E-state index in [1.807, 2.05) is 0 Å². The number of halogens is 6. The molecule has 0 unspecified atom stereocenters. The van der Waals surface area contributed by atoms with E-state index in [0.717, 1.165) is 24.3 Å². The van der Waals surface area contributed by atoms with Gasteiger partial charge in [0.1, 0.15) is 11.5 Å². The number of phenolic OH excluding ortho intramolecular Hbond substituents is 1. The van der Waals surface area contributed by atoms with Crippen molar-refractivity contribution in [3.05, 3.63) is 77.9 Å². The topological polar surface area (TPSA) is 68.1 Å². The Morgan fingerprint density at radius 1 is 0.629 bits per heavy atom. The minimum absolute atomic E-state index is 0.0335. The van der Waals surface area contributed by atoms with Crippen molar-refractivity contribution in [1.29, 1.82) is 0 Å². The van der Waals surface area contributed by atoms with Crippen LogP contribution in [0.3, 0.4) is 0 Å². The predicted octanol–water partition coefficient (Wildman–Crippen LogP) is 6.62. The summed E-state index contributed by atoms with van der Waals surface area (Å²) in [5.74, 6) is 0.00569. The summed E-state index contributed by atoms with van der Waals surface area (Å²) in [4.78, 5) is 12.8. The van der Waals surface area contributed by atoms with Gasteiger partial charge in [0.05, 0.1) is 23.8 Å². The molecule has 35 heavy (non-hydrogen) atoms. The third kappa shape index (κ3) is 5.18. The van der Waals surface area contributed by atoms with Crippen molar-refractivity contribution in [3.63, 3.8) is 0 Å². The van der Waals surface area contributed by atoms with Gasteiger partial charge in [0.15, 0.2) is 17.5 Å². The van der Waals surface area contributed by atoms with Crippen LogP contribution < -0.4 is 4.74 Å². The average molecular weight is 491 g/mol.